The van der Waals surface area contributed by atoms with Gasteiger partial charge in [-0.1, -0.05) is 26.7 Å². The molecule has 1 rings (SSSR count). The normalized spacial score (nSPS) is 33.0. The number of aliphatic hydroxyl groups is 1. The van der Waals surface area contributed by atoms with Crippen LogP contribution in [0.4, 0.5) is 0 Å². The molecule has 2 heteroatoms. The topological polar surface area (TPSA) is 46.2 Å². The Morgan fingerprint density at radius 3 is 2.56 bits per heavy atom. The van der Waals surface area contributed by atoms with Crippen LogP contribution in [0.3, 0.4) is 0 Å². The monoisotopic (exact) mass is 227 g/mol. The van der Waals surface area contributed by atoms with Gasteiger partial charge < -0.3 is 10.8 Å². The molecule has 0 bridgehead atoms. The summed E-state index contributed by atoms with van der Waals surface area (Å²) in [4.78, 5) is 0. The second kappa shape index (κ2) is 6.02. The summed E-state index contributed by atoms with van der Waals surface area (Å²) in [6.45, 7) is 7.01. The van der Waals surface area contributed by atoms with Crippen LogP contribution in [0.2, 0.25) is 0 Å². The lowest BCUT2D eigenvalue weighted by Crippen LogP contribution is -2.44. The summed E-state index contributed by atoms with van der Waals surface area (Å²) in [7, 11) is 0. The minimum Gasteiger partial charge on any atom is -0.396 e. The molecular weight excluding hydrogens is 198 g/mol. The van der Waals surface area contributed by atoms with Crippen molar-refractivity contribution in [3.8, 4) is 0 Å². The molecule has 96 valence electrons. The lowest BCUT2D eigenvalue weighted by Gasteiger charge is -2.44. The summed E-state index contributed by atoms with van der Waals surface area (Å²) in [5, 5.41) is 9.25. The quantitative estimate of drug-likeness (QED) is 0.758. The van der Waals surface area contributed by atoms with Crippen LogP contribution in [-0.2, 0) is 0 Å². The number of hydrogen-bond donors (Lipinski definition) is 2. The predicted octanol–water partition coefficient (Wildman–Crippen LogP) is 2.94. The number of aliphatic hydroxyl groups excluding tert-OH is 1. The first-order valence-electron chi connectivity index (χ1n) is 6.86. The van der Waals surface area contributed by atoms with Gasteiger partial charge in [0.15, 0.2) is 0 Å². The Morgan fingerprint density at radius 1 is 1.38 bits per heavy atom. The lowest BCUT2D eigenvalue weighted by molar-refractivity contribution is 0.0676. The molecule has 2 nitrogen and oxygen atoms in total. The number of nitrogens with two attached hydrogens (primary N) is 1. The fourth-order valence-corrected chi connectivity index (χ4v) is 3.48. The molecule has 3 N–H and O–H groups in total. The largest absolute Gasteiger partial charge is 0.396 e. The molecule has 16 heavy (non-hydrogen) atoms. The Labute approximate surface area is 101 Å². The van der Waals surface area contributed by atoms with Gasteiger partial charge in [-0.15, -0.1) is 0 Å². The second-order valence-corrected chi connectivity index (χ2v) is 6.22. The first kappa shape index (κ1) is 14.0. The van der Waals surface area contributed by atoms with E-state index in [0.29, 0.717) is 0 Å². The van der Waals surface area contributed by atoms with Gasteiger partial charge in [-0.05, 0) is 49.9 Å². The first-order chi connectivity index (χ1) is 7.50. The van der Waals surface area contributed by atoms with Gasteiger partial charge in [0.2, 0.25) is 0 Å². The summed E-state index contributed by atoms with van der Waals surface area (Å²) in [5.41, 5.74) is 6.38. The Kier molecular flexibility index (Phi) is 5.26. The third-order valence-corrected chi connectivity index (χ3v) is 4.36. The maximum atomic E-state index is 9.25. The van der Waals surface area contributed by atoms with Gasteiger partial charge in [0, 0.05) is 12.6 Å². The van der Waals surface area contributed by atoms with Crippen molar-refractivity contribution in [2.24, 2.45) is 23.0 Å². The van der Waals surface area contributed by atoms with E-state index < -0.39 is 0 Å². The van der Waals surface area contributed by atoms with Gasteiger partial charge in [-0.25, -0.2) is 0 Å². The van der Waals surface area contributed by atoms with Crippen molar-refractivity contribution in [3.05, 3.63) is 0 Å². The fraction of sp³-hybridized carbons (Fsp3) is 1.00. The molecular formula is C14H29NO. The Bertz CT molecular complexity index is 199. The van der Waals surface area contributed by atoms with Crippen LogP contribution in [0.1, 0.15) is 59.3 Å². The zero-order valence-corrected chi connectivity index (χ0v) is 11.2. The zero-order chi connectivity index (χ0) is 12.2. The van der Waals surface area contributed by atoms with E-state index in [4.69, 9.17) is 5.73 Å². The van der Waals surface area contributed by atoms with Crippen LogP contribution in [-0.4, -0.2) is 17.8 Å². The summed E-state index contributed by atoms with van der Waals surface area (Å²) < 4.78 is 0. The molecule has 0 spiro atoms. The molecule has 0 heterocycles. The van der Waals surface area contributed by atoms with Crippen LogP contribution in [0, 0.1) is 17.3 Å². The van der Waals surface area contributed by atoms with Gasteiger partial charge in [0.05, 0.1) is 0 Å². The highest BCUT2D eigenvalue weighted by atomic mass is 16.3. The second-order valence-electron chi connectivity index (χ2n) is 6.22. The summed E-state index contributed by atoms with van der Waals surface area (Å²) in [5.74, 6) is 1.61. The van der Waals surface area contributed by atoms with Crippen LogP contribution in [0.15, 0.2) is 0 Å². The number of rotatable bonds is 5. The molecule has 0 amide bonds. The Balaban J connectivity index is 2.63. The number of hydrogen-bond acceptors (Lipinski definition) is 2. The van der Waals surface area contributed by atoms with E-state index in [1.807, 2.05) is 0 Å². The molecule has 3 unspecified atom stereocenters. The molecule has 0 aliphatic heterocycles. The van der Waals surface area contributed by atoms with E-state index in [2.05, 4.69) is 20.8 Å². The highest BCUT2D eigenvalue weighted by Crippen LogP contribution is 2.45. The van der Waals surface area contributed by atoms with Gasteiger partial charge in [0.25, 0.3) is 0 Å². The Hall–Kier alpha value is -0.0800. The molecule has 0 aromatic carbocycles. The van der Waals surface area contributed by atoms with Crippen molar-refractivity contribution >= 4 is 0 Å². The first-order valence-corrected chi connectivity index (χ1v) is 6.86. The fourth-order valence-electron chi connectivity index (χ4n) is 3.48. The summed E-state index contributed by atoms with van der Waals surface area (Å²) >= 11 is 0. The SMILES string of the molecule is CC(C)CC1CCCC(CCO)(C(C)N)C1. The standard InChI is InChI=1S/C14H29NO/c1-11(2)9-13-5-4-6-14(10-13,7-8-16)12(3)15/h11-13,16H,4-10,15H2,1-3H3. The van der Waals surface area contributed by atoms with Crippen LogP contribution >= 0.6 is 0 Å². The van der Waals surface area contributed by atoms with Crippen molar-refractivity contribution < 1.29 is 5.11 Å². The third kappa shape index (κ3) is 3.46. The minimum atomic E-state index is 0.215. The maximum absolute atomic E-state index is 9.25. The van der Waals surface area contributed by atoms with Crippen LogP contribution in [0.5, 0.6) is 0 Å². The van der Waals surface area contributed by atoms with Gasteiger partial charge in [0.1, 0.15) is 0 Å². The molecule has 1 saturated carbocycles. The van der Waals surface area contributed by atoms with E-state index in [0.717, 1.165) is 18.3 Å². The molecule has 3 atom stereocenters. The molecule has 0 saturated heterocycles. The highest BCUT2D eigenvalue weighted by Gasteiger charge is 2.38. The third-order valence-electron chi connectivity index (χ3n) is 4.36. The van der Waals surface area contributed by atoms with Gasteiger partial charge in [-0.3, -0.25) is 0 Å². The minimum absolute atomic E-state index is 0.215. The highest BCUT2D eigenvalue weighted by molar-refractivity contribution is 4.92. The van der Waals surface area contributed by atoms with E-state index in [-0.39, 0.29) is 18.1 Å². The van der Waals surface area contributed by atoms with E-state index in [9.17, 15) is 5.11 Å². The van der Waals surface area contributed by atoms with E-state index >= 15 is 0 Å². The van der Waals surface area contributed by atoms with Crippen LogP contribution in [0.25, 0.3) is 0 Å². The van der Waals surface area contributed by atoms with E-state index in [1.54, 1.807) is 0 Å². The van der Waals surface area contributed by atoms with Crippen LogP contribution < -0.4 is 5.73 Å². The predicted molar refractivity (Wildman–Crippen MR) is 69.2 cm³/mol. The smallest absolute Gasteiger partial charge is 0.0436 e. The average Bonchev–Trinajstić information content (AvgIpc) is 2.17. The van der Waals surface area contributed by atoms with Crippen molar-refractivity contribution in [2.75, 3.05) is 6.61 Å². The maximum Gasteiger partial charge on any atom is 0.0436 e. The van der Waals surface area contributed by atoms with Crippen molar-refractivity contribution in [1.29, 1.82) is 0 Å². The molecule has 1 aliphatic carbocycles. The molecule has 1 aliphatic rings. The summed E-state index contributed by atoms with van der Waals surface area (Å²) in [6.07, 6.45) is 7.29. The van der Waals surface area contributed by atoms with Gasteiger partial charge in [-0.2, -0.15) is 0 Å². The van der Waals surface area contributed by atoms with Gasteiger partial charge >= 0.3 is 0 Å². The van der Waals surface area contributed by atoms with Crippen molar-refractivity contribution in [2.45, 2.75) is 65.3 Å². The lowest BCUT2D eigenvalue weighted by atomic mass is 9.63. The molecule has 0 radical (unpaired) electrons. The van der Waals surface area contributed by atoms with Crippen molar-refractivity contribution in [3.63, 3.8) is 0 Å². The average molecular weight is 227 g/mol. The Morgan fingerprint density at radius 2 is 2.06 bits per heavy atom. The van der Waals surface area contributed by atoms with Crippen molar-refractivity contribution in [1.82, 2.24) is 0 Å². The summed E-state index contributed by atoms with van der Waals surface area (Å²) in [6, 6.07) is 0.217. The zero-order valence-electron chi connectivity index (χ0n) is 11.2. The van der Waals surface area contributed by atoms with E-state index in [1.165, 1.54) is 32.1 Å². The molecule has 0 aromatic rings. The molecule has 0 aromatic heterocycles. The molecule has 1 fully saturated rings.